The maximum Gasteiger partial charge on any atom is 0.214 e. The average Bonchev–Trinajstić information content (AvgIpc) is 3.19. The molecule has 50 heavy (non-hydrogen) atoms. The Balaban J connectivity index is 1.32. The van der Waals surface area contributed by atoms with Crippen LogP contribution in [-0.2, 0) is 0 Å². The molecule has 0 saturated carbocycles. The highest BCUT2D eigenvalue weighted by Gasteiger charge is 2.49. The lowest BCUT2D eigenvalue weighted by atomic mass is 10.0. The minimum atomic E-state index is -2.83. The van der Waals surface area contributed by atoms with Gasteiger partial charge in [0.05, 0.1) is 17.8 Å². The van der Waals surface area contributed by atoms with Crippen molar-refractivity contribution in [3.8, 4) is 6.07 Å². The summed E-state index contributed by atoms with van der Waals surface area (Å²) in [6.07, 6.45) is 0. The molecule has 0 N–H and O–H groups in total. The molecule has 0 aromatic heterocycles. The summed E-state index contributed by atoms with van der Waals surface area (Å²) in [5, 5.41) is 18.4. The SMILES string of the molecule is [C-]#[N+]c1cc(N2c3ccccc3[Si]c3ccccc32)cc(C#N)c1N1c2ccccc2[Si](c2ccccc2)(c2ccccc2)c2ccccc21. The van der Waals surface area contributed by atoms with Crippen molar-refractivity contribution in [2.45, 2.75) is 0 Å². The van der Waals surface area contributed by atoms with Crippen LogP contribution in [0.1, 0.15) is 5.56 Å². The Morgan fingerprint density at radius 3 is 1.50 bits per heavy atom. The summed E-state index contributed by atoms with van der Waals surface area (Å²) in [5.41, 5.74) is 6.44. The third kappa shape index (κ3) is 4.34. The topological polar surface area (TPSA) is 34.6 Å². The van der Waals surface area contributed by atoms with E-state index in [1.165, 1.54) is 31.1 Å². The highest BCUT2D eigenvalue weighted by molar-refractivity contribution is 7.21. The first kappa shape index (κ1) is 29.7. The van der Waals surface area contributed by atoms with Gasteiger partial charge >= 0.3 is 0 Å². The zero-order chi connectivity index (χ0) is 33.7. The molecule has 0 amide bonds. The number of nitriles is 1. The molecule has 2 heterocycles. The van der Waals surface area contributed by atoms with Crippen molar-refractivity contribution in [3.63, 3.8) is 0 Å². The number of anilines is 6. The van der Waals surface area contributed by atoms with E-state index in [-0.39, 0.29) is 0 Å². The molecule has 7 aromatic rings. The molecule has 2 radical (unpaired) electrons. The van der Waals surface area contributed by atoms with E-state index in [0.717, 1.165) is 28.4 Å². The molecule has 0 saturated heterocycles. The van der Waals surface area contributed by atoms with E-state index < -0.39 is 8.07 Å². The number of rotatable bonds is 4. The van der Waals surface area contributed by atoms with Crippen LogP contribution in [0.3, 0.4) is 0 Å². The maximum absolute atomic E-state index is 10.9. The minimum absolute atomic E-state index is 0.431. The van der Waals surface area contributed by atoms with E-state index in [0.29, 0.717) is 26.5 Å². The van der Waals surface area contributed by atoms with Gasteiger partial charge in [-0.25, -0.2) is 4.85 Å². The van der Waals surface area contributed by atoms with E-state index >= 15 is 0 Å². The summed E-state index contributed by atoms with van der Waals surface area (Å²) < 4.78 is 0. The summed E-state index contributed by atoms with van der Waals surface area (Å²) in [5.74, 6) is 0. The Morgan fingerprint density at radius 2 is 1.00 bits per heavy atom. The molecule has 6 heteroatoms. The largest absolute Gasteiger partial charge is 0.319 e. The Morgan fingerprint density at radius 1 is 0.540 bits per heavy atom. The van der Waals surface area contributed by atoms with Crippen molar-refractivity contribution in [1.82, 2.24) is 0 Å². The van der Waals surface area contributed by atoms with E-state index in [1.54, 1.807) is 0 Å². The van der Waals surface area contributed by atoms with Crippen LogP contribution in [-0.4, -0.2) is 17.6 Å². The number of benzene rings is 7. The number of para-hydroxylation sites is 4. The van der Waals surface area contributed by atoms with Crippen molar-refractivity contribution in [2.75, 3.05) is 9.80 Å². The predicted molar refractivity (Wildman–Crippen MR) is 209 cm³/mol. The van der Waals surface area contributed by atoms with Gasteiger partial charge in [-0.3, -0.25) is 0 Å². The molecule has 232 valence electrons. The zero-order valence-electron chi connectivity index (χ0n) is 27.0. The molecule has 0 unspecified atom stereocenters. The highest BCUT2D eigenvalue weighted by atomic mass is 28.3. The first-order chi connectivity index (χ1) is 24.7. The van der Waals surface area contributed by atoms with Gasteiger partial charge in [0.25, 0.3) is 0 Å². The second kappa shape index (κ2) is 11.9. The monoisotopic (exact) mass is 668 g/mol. The maximum atomic E-state index is 10.9. The third-order valence-electron chi connectivity index (χ3n) is 9.87. The van der Waals surface area contributed by atoms with E-state index in [4.69, 9.17) is 6.57 Å². The van der Waals surface area contributed by atoms with Gasteiger partial charge in [-0.2, -0.15) is 5.26 Å². The Kier molecular flexibility index (Phi) is 7.07. The summed E-state index contributed by atoms with van der Waals surface area (Å²) >= 11 is 0. The molecule has 0 bridgehead atoms. The smallest absolute Gasteiger partial charge is 0.214 e. The highest BCUT2D eigenvalue weighted by Crippen LogP contribution is 2.47. The predicted octanol–water partition coefficient (Wildman–Crippen LogP) is 6.71. The van der Waals surface area contributed by atoms with Crippen LogP contribution in [0, 0.1) is 17.9 Å². The van der Waals surface area contributed by atoms with E-state index in [9.17, 15) is 5.26 Å². The number of hydrogen-bond donors (Lipinski definition) is 0. The molecular formula is C44H28N4Si2. The van der Waals surface area contributed by atoms with Crippen LogP contribution in [0.25, 0.3) is 4.85 Å². The first-order valence-electron chi connectivity index (χ1n) is 16.5. The molecule has 0 atom stereocenters. The number of fused-ring (bicyclic) bond motifs is 4. The summed E-state index contributed by atoms with van der Waals surface area (Å²) in [7, 11) is -2.30. The molecule has 7 aromatic carbocycles. The number of nitrogens with zero attached hydrogens (tertiary/aromatic N) is 4. The Bertz CT molecular complexity index is 2350. The fourth-order valence-electron chi connectivity index (χ4n) is 7.89. The van der Waals surface area contributed by atoms with Gasteiger partial charge in [-0.15, -0.1) is 0 Å². The summed E-state index contributed by atoms with van der Waals surface area (Å²) in [6.45, 7) is 8.57. The van der Waals surface area contributed by atoms with Crippen LogP contribution in [0.2, 0.25) is 0 Å². The second-order valence-corrected chi connectivity index (χ2v) is 17.5. The summed E-state index contributed by atoms with van der Waals surface area (Å²) in [4.78, 5) is 8.55. The quantitative estimate of drug-likeness (QED) is 0.155. The molecule has 0 spiro atoms. The fraction of sp³-hybridized carbons (Fsp3) is 0. The lowest BCUT2D eigenvalue weighted by molar-refractivity contribution is 1.26. The Labute approximate surface area is 295 Å². The van der Waals surface area contributed by atoms with E-state index in [2.05, 4.69) is 178 Å². The van der Waals surface area contributed by atoms with Gasteiger partial charge < -0.3 is 9.80 Å². The third-order valence-corrected chi connectivity index (χ3v) is 16.1. The van der Waals surface area contributed by atoms with Gasteiger partial charge in [0.1, 0.15) is 15.6 Å². The van der Waals surface area contributed by atoms with Crippen molar-refractivity contribution < 1.29 is 0 Å². The first-order valence-corrected chi connectivity index (χ1v) is 19.5. The minimum Gasteiger partial charge on any atom is -0.319 e. The van der Waals surface area contributed by atoms with Crippen LogP contribution in [0.15, 0.2) is 170 Å². The van der Waals surface area contributed by atoms with Crippen molar-refractivity contribution in [2.24, 2.45) is 0 Å². The van der Waals surface area contributed by atoms with Crippen LogP contribution in [0.4, 0.5) is 39.8 Å². The zero-order valence-corrected chi connectivity index (χ0v) is 29.0. The molecule has 0 fully saturated rings. The van der Waals surface area contributed by atoms with Crippen molar-refractivity contribution >= 4 is 88.5 Å². The molecule has 9 rings (SSSR count). The van der Waals surface area contributed by atoms with E-state index in [1.807, 2.05) is 12.1 Å². The molecule has 2 aliphatic rings. The van der Waals surface area contributed by atoms with Crippen molar-refractivity contribution in [1.29, 1.82) is 5.26 Å². The van der Waals surface area contributed by atoms with Gasteiger partial charge in [0.15, 0.2) is 8.07 Å². The van der Waals surface area contributed by atoms with Crippen molar-refractivity contribution in [3.05, 3.63) is 187 Å². The van der Waals surface area contributed by atoms with Gasteiger partial charge in [-0.1, -0.05) is 133 Å². The standard InChI is InChI=1S/C44H28N4Si2/c1-46-35-29-32(47-36-20-8-12-24-40(36)49-41-25-13-9-21-37(41)47)28-31(30-45)44(35)48-38-22-10-14-26-42(38)50(33-16-4-2-5-17-33,34-18-6-3-7-19-34)43-27-15-11-23-39(43)48/h2-29H. The van der Waals surface area contributed by atoms with Crippen LogP contribution in [0.5, 0.6) is 0 Å². The van der Waals surface area contributed by atoms with Gasteiger partial charge in [0, 0.05) is 28.4 Å². The van der Waals surface area contributed by atoms with Crippen LogP contribution < -0.4 is 40.9 Å². The van der Waals surface area contributed by atoms with Gasteiger partial charge in [0.2, 0.25) is 5.69 Å². The molecular weight excluding hydrogens is 641 g/mol. The molecule has 2 aliphatic heterocycles. The van der Waals surface area contributed by atoms with Gasteiger partial charge in [-0.05, 0) is 67.5 Å². The second-order valence-electron chi connectivity index (χ2n) is 12.4. The fourth-order valence-corrected chi connectivity index (χ4v) is 14.3. The molecule has 4 nitrogen and oxygen atoms in total. The Hall–Kier alpha value is -6.45. The van der Waals surface area contributed by atoms with Crippen LogP contribution >= 0.6 is 0 Å². The normalized spacial score (nSPS) is 13.6. The lowest BCUT2D eigenvalue weighted by Crippen LogP contribution is -2.77. The summed E-state index contributed by atoms with van der Waals surface area (Å²) in [6, 6.07) is 62.2. The number of hydrogen-bond acceptors (Lipinski definition) is 3. The lowest BCUT2D eigenvalue weighted by Gasteiger charge is -2.45. The molecule has 0 aliphatic carbocycles. The average molecular weight is 669 g/mol.